The summed E-state index contributed by atoms with van der Waals surface area (Å²) in [5.41, 5.74) is 3.24. The third-order valence-electron chi connectivity index (χ3n) is 1.76. The van der Waals surface area contributed by atoms with Crippen molar-refractivity contribution in [2.24, 2.45) is 12.9 Å². The van der Waals surface area contributed by atoms with E-state index in [0.29, 0.717) is 11.8 Å². The van der Waals surface area contributed by atoms with Crippen molar-refractivity contribution in [1.29, 1.82) is 0 Å². The fraction of sp³-hybridized carbons (Fsp3) is 0.125. The number of hydrogen-bond donors (Lipinski definition) is 3. The van der Waals surface area contributed by atoms with Crippen LogP contribution in [0, 0.1) is 0 Å². The first-order valence-corrected chi connectivity index (χ1v) is 4.33. The summed E-state index contributed by atoms with van der Waals surface area (Å²) in [6, 6.07) is 1.74. The third kappa shape index (κ3) is 2.20. The van der Waals surface area contributed by atoms with Crippen LogP contribution in [-0.2, 0) is 7.05 Å². The number of aromatic nitrogens is 4. The summed E-state index contributed by atoms with van der Waals surface area (Å²) < 4.78 is 1.70. The van der Waals surface area contributed by atoms with Crippen LogP contribution in [0.25, 0.3) is 0 Å². The fourth-order valence-corrected chi connectivity index (χ4v) is 1.13. The van der Waals surface area contributed by atoms with Crippen molar-refractivity contribution in [3.05, 3.63) is 24.7 Å². The van der Waals surface area contributed by atoms with Gasteiger partial charge in [0.15, 0.2) is 0 Å². The van der Waals surface area contributed by atoms with Crippen molar-refractivity contribution in [2.45, 2.75) is 0 Å². The Labute approximate surface area is 86.3 Å². The molecular formula is C8H11N7. The minimum atomic E-state index is 0.365. The molecule has 0 bridgehead atoms. The topological polar surface area (TPSA) is 93.7 Å². The molecule has 2 rings (SSSR count). The second-order valence-electron chi connectivity index (χ2n) is 2.94. The summed E-state index contributed by atoms with van der Waals surface area (Å²) in [5.74, 6) is 6.22. The highest BCUT2D eigenvalue weighted by atomic mass is 15.3. The lowest BCUT2D eigenvalue weighted by molar-refractivity contribution is 0.768. The Morgan fingerprint density at radius 3 is 3.00 bits per heavy atom. The Hall–Kier alpha value is -2.15. The molecule has 0 radical (unpaired) electrons. The Balaban J connectivity index is 2.16. The van der Waals surface area contributed by atoms with Gasteiger partial charge in [-0.2, -0.15) is 10.1 Å². The fourth-order valence-electron chi connectivity index (χ4n) is 1.13. The number of rotatable bonds is 3. The van der Waals surface area contributed by atoms with Crippen LogP contribution >= 0.6 is 0 Å². The van der Waals surface area contributed by atoms with Crippen LogP contribution in [0.5, 0.6) is 0 Å². The van der Waals surface area contributed by atoms with Crippen molar-refractivity contribution in [2.75, 3.05) is 10.7 Å². The lowest BCUT2D eigenvalue weighted by atomic mass is 10.5. The van der Waals surface area contributed by atoms with E-state index in [0.717, 1.165) is 5.69 Å². The molecule has 7 nitrogen and oxygen atoms in total. The van der Waals surface area contributed by atoms with E-state index in [-0.39, 0.29) is 0 Å². The second-order valence-corrected chi connectivity index (χ2v) is 2.94. The van der Waals surface area contributed by atoms with Crippen LogP contribution in [-0.4, -0.2) is 19.7 Å². The molecule has 0 fully saturated rings. The number of nitrogen functional groups attached to an aromatic ring is 1. The predicted octanol–water partition coefficient (Wildman–Crippen LogP) is 0.239. The SMILES string of the molecule is Cn1cc(Nc2ccnc(NN)n2)cn1. The molecule has 0 saturated carbocycles. The molecule has 78 valence electrons. The molecule has 0 aliphatic rings. The van der Waals surface area contributed by atoms with E-state index in [1.54, 1.807) is 23.1 Å². The summed E-state index contributed by atoms with van der Waals surface area (Å²) in [6.07, 6.45) is 5.16. The lowest BCUT2D eigenvalue weighted by Gasteiger charge is -2.03. The highest BCUT2D eigenvalue weighted by Crippen LogP contribution is 2.12. The number of hydrazine groups is 1. The van der Waals surface area contributed by atoms with Crippen molar-refractivity contribution in [3.63, 3.8) is 0 Å². The Morgan fingerprint density at radius 2 is 2.33 bits per heavy atom. The summed E-state index contributed by atoms with van der Waals surface area (Å²) in [6.45, 7) is 0. The molecule has 0 spiro atoms. The maximum Gasteiger partial charge on any atom is 0.239 e. The molecule has 0 aliphatic heterocycles. The van der Waals surface area contributed by atoms with E-state index >= 15 is 0 Å². The Kier molecular flexibility index (Phi) is 2.46. The summed E-state index contributed by atoms with van der Waals surface area (Å²) >= 11 is 0. The highest BCUT2D eigenvalue weighted by Gasteiger charge is 1.99. The van der Waals surface area contributed by atoms with Crippen LogP contribution in [0.4, 0.5) is 17.5 Å². The largest absolute Gasteiger partial charge is 0.338 e. The Morgan fingerprint density at radius 1 is 1.47 bits per heavy atom. The van der Waals surface area contributed by atoms with Gasteiger partial charge in [0.05, 0.1) is 11.9 Å². The van der Waals surface area contributed by atoms with Crippen molar-refractivity contribution < 1.29 is 0 Å². The number of hydrogen-bond acceptors (Lipinski definition) is 6. The maximum atomic E-state index is 5.20. The van der Waals surface area contributed by atoms with E-state index in [1.807, 2.05) is 13.2 Å². The number of nitrogens with two attached hydrogens (primary N) is 1. The van der Waals surface area contributed by atoms with E-state index in [4.69, 9.17) is 5.84 Å². The van der Waals surface area contributed by atoms with Crippen molar-refractivity contribution in [1.82, 2.24) is 19.7 Å². The molecule has 2 aromatic rings. The van der Waals surface area contributed by atoms with Gasteiger partial charge in [-0.1, -0.05) is 0 Å². The van der Waals surface area contributed by atoms with Crippen molar-refractivity contribution >= 4 is 17.5 Å². The first-order valence-electron chi connectivity index (χ1n) is 4.33. The summed E-state index contributed by atoms with van der Waals surface area (Å²) in [5, 5.41) is 7.10. The van der Waals surface area contributed by atoms with E-state index in [1.165, 1.54) is 0 Å². The van der Waals surface area contributed by atoms with Gasteiger partial charge < -0.3 is 5.32 Å². The average molecular weight is 205 g/mol. The Bertz CT molecular complexity index is 450. The van der Waals surface area contributed by atoms with Gasteiger partial charge in [0, 0.05) is 19.4 Å². The summed E-state index contributed by atoms with van der Waals surface area (Å²) in [7, 11) is 1.85. The zero-order valence-corrected chi connectivity index (χ0v) is 8.18. The van der Waals surface area contributed by atoms with Crippen molar-refractivity contribution in [3.8, 4) is 0 Å². The zero-order chi connectivity index (χ0) is 10.7. The molecule has 7 heteroatoms. The van der Waals surface area contributed by atoms with Crippen LogP contribution in [0.2, 0.25) is 0 Å². The van der Waals surface area contributed by atoms with Gasteiger partial charge in [0.25, 0.3) is 0 Å². The average Bonchev–Trinajstić information content (AvgIpc) is 2.64. The van der Waals surface area contributed by atoms with Gasteiger partial charge in [0.2, 0.25) is 5.95 Å². The van der Waals surface area contributed by atoms with Crippen LogP contribution in [0.1, 0.15) is 0 Å². The monoisotopic (exact) mass is 205 g/mol. The van der Waals surface area contributed by atoms with Gasteiger partial charge in [-0.25, -0.2) is 10.8 Å². The maximum absolute atomic E-state index is 5.20. The van der Waals surface area contributed by atoms with E-state index in [2.05, 4.69) is 25.8 Å². The first kappa shape index (κ1) is 9.41. The molecule has 2 heterocycles. The van der Waals surface area contributed by atoms with E-state index < -0.39 is 0 Å². The number of nitrogens with zero attached hydrogens (tertiary/aromatic N) is 4. The number of nitrogens with one attached hydrogen (secondary N) is 2. The van der Waals surface area contributed by atoms with Gasteiger partial charge in [-0.15, -0.1) is 0 Å². The second kappa shape index (κ2) is 3.93. The molecule has 0 aromatic carbocycles. The molecule has 0 amide bonds. The van der Waals surface area contributed by atoms with Gasteiger partial charge in [-0.05, 0) is 6.07 Å². The highest BCUT2D eigenvalue weighted by molar-refractivity contribution is 5.54. The smallest absolute Gasteiger partial charge is 0.239 e. The molecule has 4 N–H and O–H groups in total. The van der Waals surface area contributed by atoms with Crippen LogP contribution in [0.3, 0.4) is 0 Å². The minimum absolute atomic E-state index is 0.365. The number of anilines is 3. The van der Waals surface area contributed by atoms with Crippen LogP contribution in [0.15, 0.2) is 24.7 Å². The molecule has 0 saturated heterocycles. The third-order valence-corrected chi connectivity index (χ3v) is 1.76. The number of aryl methyl sites for hydroxylation is 1. The molecule has 2 aromatic heterocycles. The molecule has 0 unspecified atom stereocenters. The quantitative estimate of drug-likeness (QED) is 0.491. The molecule has 15 heavy (non-hydrogen) atoms. The molecule has 0 aliphatic carbocycles. The van der Waals surface area contributed by atoms with Gasteiger partial charge in [-0.3, -0.25) is 10.1 Å². The van der Waals surface area contributed by atoms with Gasteiger partial charge >= 0.3 is 0 Å². The summed E-state index contributed by atoms with van der Waals surface area (Å²) in [4.78, 5) is 8.00. The standard InChI is InChI=1S/C8H11N7/c1-15-5-6(4-11-15)12-7-2-3-10-8(13-7)14-9/h2-5H,9H2,1H3,(H2,10,12,13,14). The van der Waals surface area contributed by atoms with Gasteiger partial charge in [0.1, 0.15) is 5.82 Å². The first-order chi connectivity index (χ1) is 7.28. The zero-order valence-electron chi connectivity index (χ0n) is 8.18. The lowest BCUT2D eigenvalue weighted by Crippen LogP contribution is -2.10. The molecule has 0 atom stereocenters. The predicted molar refractivity (Wildman–Crippen MR) is 56.3 cm³/mol. The minimum Gasteiger partial charge on any atom is -0.338 e. The molecular weight excluding hydrogens is 194 g/mol. The normalized spacial score (nSPS) is 10.0. The van der Waals surface area contributed by atoms with E-state index in [9.17, 15) is 0 Å². The van der Waals surface area contributed by atoms with Crippen LogP contribution < -0.4 is 16.6 Å².